The standard InChI is InChI=1S/C29H33NO5/c1-7-30-27(34)19-9-8-18-20(22(19)28(30)35)12-21-25(32)15(4)16(5)26(33)29(21,6)23(18)17-10-13(2)24(31)14(3)11-17/h8,10-11,19-23,31H,7,9,12H2,1-6H3/t19-,20+,21-,22-,23-,29+/m0/s1. The van der Waals surface area contributed by atoms with E-state index in [1.807, 2.05) is 39.8 Å². The normalized spacial score (nSPS) is 34.6. The van der Waals surface area contributed by atoms with Gasteiger partial charge in [-0.3, -0.25) is 24.1 Å². The fourth-order valence-electron chi connectivity index (χ4n) is 7.49. The molecule has 0 radical (unpaired) electrons. The molecule has 3 aliphatic carbocycles. The maximum absolute atomic E-state index is 14.0. The molecule has 1 aromatic carbocycles. The van der Waals surface area contributed by atoms with Crippen LogP contribution in [0.3, 0.4) is 0 Å². The Morgan fingerprint density at radius 2 is 1.60 bits per heavy atom. The summed E-state index contributed by atoms with van der Waals surface area (Å²) in [6, 6.07) is 3.81. The number of nitrogens with zero attached hydrogens (tertiary/aromatic N) is 1. The molecule has 2 fully saturated rings. The van der Waals surface area contributed by atoms with Crippen molar-refractivity contribution in [3.63, 3.8) is 0 Å². The Hall–Kier alpha value is -3.02. The third-order valence-corrected chi connectivity index (χ3v) is 9.42. The number of fused-ring (bicyclic) bond motifs is 4. The average Bonchev–Trinajstić information content (AvgIpc) is 3.08. The van der Waals surface area contributed by atoms with Gasteiger partial charge in [-0.1, -0.05) is 30.7 Å². The summed E-state index contributed by atoms with van der Waals surface area (Å²) < 4.78 is 0. The molecule has 1 heterocycles. The second-order valence-corrected chi connectivity index (χ2v) is 11.1. The van der Waals surface area contributed by atoms with Crippen LogP contribution in [0.15, 0.2) is 34.9 Å². The number of aromatic hydroxyl groups is 1. The molecular formula is C29H33NO5. The molecule has 1 N–H and O–H groups in total. The summed E-state index contributed by atoms with van der Waals surface area (Å²) in [5.74, 6) is -2.29. The lowest BCUT2D eigenvalue weighted by molar-refractivity contribution is -0.143. The van der Waals surface area contributed by atoms with Crippen molar-refractivity contribution in [3.8, 4) is 5.75 Å². The molecule has 6 nitrogen and oxygen atoms in total. The smallest absolute Gasteiger partial charge is 0.233 e. The van der Waals surface area contributed by atoms with Gasteiger partial charge in [0.05, 0.1) is 17.3 Å². The van der Waals surface area contributed by atoms with Crippen LogP contribution >= 0.6 is 0 Å². The number of amides is 2. The minimum Gasteiger partial charge on any atom is -0.507 e. The van der Waals surface area contributed by atoms with Crippen LogP contribution in [0.4, 0.5) is 0 Å². The average molecular weight is 476 g/mol. The number of benzene rings is 1. The highest BCUT2D eigenvalue weighted by atomic mass is 16.3. The molecule has 2 amide bonds. The first-order valence-electron chi connectivity index (χ1n) is 12.6. The maximum Gasteiger partial charge on any atom is 0.233 e. The van der Waals surface area contributed by atoms with Crippen LogP contribution in [-0.2, 0) is 19.2 Å². The van der Waals surface area contributed by atoms with Crippen LogP contribution in [0, 0.1) is 42.9 Å². The first-order chi connectivity index (χ1) is 16.4. The van der Waals surface area contributed by atoms with E-state index < -0.39 is 29.1 Å². The van der Waals surface area contributed by atoms with Crippen LogP contribution in [0.5, 0.6) is 5.75 Å². The van der Waals surface area contributed by atoms with Gasteiger partial charge < -0.3 is 5.11 Å². The Balaban J connectivity index is 1.75. The molecule has 5 rings (SSSR count). The lowest BCUT2D eigenvalue weighted by atomic mass is 9.46. The van der Waals surface area contributed by atoms with Crippen LogP contribution in [0.1, 0.15) is 63.1 Å². The van der Waals surface area contributed by atoms with Gasteiger partial charge in [0.2, 0.25) is 11.8 Å². The predicted molar refractivity (Wildman–Crippen MR) is 130 cm³/mol. The minimum absolute atomic E-state index is 0.0292. The Kier molecular flexibility index (Phi) is 5.24. The molecule has 0 unspecified atom stereocenters. The summed E-state index contributed by atoms with van der Waals surface area (Å²) in [6.45, 7) is 11.2. The lowest BCUT2D eigenvalue weighted by Gasteiger charge is -2.54. The number of aryl methyl sites for hydroxylation is 2. The summed E-state index contributed by atoms with van der Waals surface area (Å²) in [7, 11) is 0. The molecule has 0 spiro atoms. The van der Waals surface area contributed by atoms with E-state index >= 15 is 0 Å². The molecule has 1 saturated heterocycles. The number of carbonyl (C=O) groups excluding carboxylic acids is 4. The molecule has 6 atom stereocenters. The van der Waals surface area contributed by atoms with Crippen molar-refractivity contribution in [1.29, 1.82) is 0 Å². The van der Waals surface area contributed by atoms with Gasteiger partial charge in [0.1, 0.15) is 5.75 Å². The largest absolute Gasteiger partial charge is 0.507 e. The van der Waals surface area contributed by atoms with E-state index in [1.54, 1.807) is 13.8 Å². The molecular weight excluding hydrogens is 442 g/mol. The number of allylic oxidation sites excluding steroid dienone is 4. The predicted octanol–water partition coefficient (Wildman–Crippen LogP) is 4.17. The van der Waals surface area contributed by atoms with Crippen molar-refractivity contribution in [2.75, 3.05) is 6.54 Å². The molecule has 184 valence electrons. The monoisotopic (exact) mass is 475 g/mol. The van der Waals surface area contributed by atoms with E-state index in [2.05, 4.69) is 6.08 Å². The van der Waals surface area contributed by atoms with Gasteiger partial charge in [-0.25, -0.2) is 0 Å². The number of hydrogen-bond acceptors (Lipinski definition) is 5. The van der Waals surface area contributed by atoms with Gasteiger partial charge in [0, 0.05) is 18.4 Å². The van der Waals surface area contributed by atoms with Crippen LogP contribution in [-0.4, -0.2) is 39.9 Å². The van der Waals surface area contributed by atoms with Crippen LogP contribution in [0.25, 0.3) is 0 Å². The molecule has 6 heteroatoms. The highest BCUT2D eigenvalue weighted by molar-refractivity contribution is 6.16. The van der Waals surface area contributed by atoms with Crippen molar-refractivity contribution in [1.82, 2.24) is 4.90 Å². The number of hydrogen-bond donors (Lipinski definition) is 1. The molecule has 0 aromatic heterocycles. The lowest BCUT2D eigenvalue weighted by Crippen LogP contribution is -2.55. The van der Waals surface area contributed by atoms with Crippen LogP contribution < -0.4 is 0 Å². The number of imide groups is 1. The van der Waals surface area contributed by atoms with E-state index in [0.29, 0.717) is 41.7 Å². The number of phenols is 1. The van der Waals surface area contributed by atoms with E-state index in [4.69, 9.17) is 0 Å². The SMILES string of the molecule is CCN1C(=O)[C@H]2[C@H](CC=C3[C@H]2C[C@H]2C(=O)C(C)=C(C)C(=O)[C@@]2(C)[C@H]3c2cc(C)c(O)c(C)c2)C1=O. The van der Waals surface area contributed by atoms with Crippen molar-refractivity contribution in [3.05, 3.63) is 51.6 Å². The summed E-state index contributed by atoms with van der Waals surface area (Å²) in [6.07, 6.45) is 2.92. The summed E-state index contributed by atoms with van der Waals surface area (Å²) in [5, 5.41) is 10.4. The van der Waals surface area contributed by atoms with Gasteiger partial charge in [0.25, 0.3) is 0 Å². The van der Waals surface area contributed by atoms with Gasteiger partial charge in [-0.15, -0.1) is 0 Å². The molecule has 0 bridgehead atoms. The molecule has 35 heavy (non-hydrogen) atoms. The number of Topliss-reactive ketones (excluding diaryl/α,β-unsaturated/α-hetero) is 2. The topological polar surface area (TPSA) is 91.8 Å². The molecule has 1 aliphatic heterocycles. The third-order valence-electron chi connectivity index (χ3n) is 9.42. The fraction of sp³-hybridized carbons (Fsp3) is 0.517. The Morgan fingerprint density at radius 1 is 0.971 bits per heavy atom. The molecule has 1 aromatic rings. The first kappa shape index (κ1) is 23.7. The fourth-order valence-corrected chi connectivity index (χ4v) is 7.49. The number of phenolic OH excluding ortho intramolecular Hbond substituents is 1. The zero-order chi connectivity index (χ0) is 25.6. The van der Waals surface area contributed by atoms with Gasteiger partial charge in [-0.05, 0) is 81.2 Å². The van der Waals surface area contributed by atoms with Crippen molar-refractivity contribution >= 4 is 23.4 Å². The number of carbonyl (C=O) groups is 4. The minimum atomic E-state index is -0.998. The van der Waals surface area contributed by atoms with E-state index in [-0.39, 0.29) is 35.0 Å². The zero-order valence-corrected chi connectivity index (χ0v) is 21.3. The number of likely N-dealkylation sites (tertiary alicyclic amines) is 1. The Labute approximate surface area is 206 Å². The van der Waals surface area contributed by atoms with Crippen molar-refractivity contribution in [2.45, 2.75) is 60.3 Å². The van der Waals surface area contributed by atoms with E-state index in [1.165, 1.54) is 4.90 Å². The molecule has 1 saturated carbocycles. The highest BCUT2D eigenvalue weighted by Gasteiger charge is 2.63. The van der Waals surface area contributed by atoms with Gasteiger partial charge >= 0.3 is 0 Å². The van der Waals surface area contributed by atoms with E-state index in [9.17, 15) is 24.3 Å². The number of rotatable bonds is 2. The van der Waals surface area contributed by atoms with Crippen molar-refractivity contribution < 1.29 is 24.3 Å². The molecule has 4 aliphatic rings. The zero-order valence-electron chi connectivity index (χ0n) is 21.3. The quantitative estimate of drug-likeness (QED) is 0.512. The van der Waals surface area contributed by atoms with Gasteiger partial charge in [0.15, 0.2) is 11.6 Å². The first-order valence-corrected chi connectivity index (χ1v) is 12.6. The van der Waals surface area contributed by atoms with Crippen molar-refractivity contribution in [2.24, 2.45) is 29.1 Å². The van der Waals surface area contributed by atoms with Crippen LogP contribution in [0.2, 0.25) is 0 Å². The summed E-state index contributed by atoms with van der Waals surface area (Å²) >= 11 is 0. The van der Waals surface area contributed by atoms with E-state index in [0.717, 1.165) is 11.1 Å². The summed E-state index contributed by atoms with van der Waals surface area (Å²) in [4.78, 5) is 55.4. The third kappa shape index (κ3) is 2.95. The Bertz CT molecular complexity index is 1250. The van der Waals surface area contributed by atoms with Gasteiger partial charge in [-0.2, -0.15) is 0 Å². The highest BCUT2D eigenvalue weighted by Crippen LogP contribution is 2.63. The Morgan fingerprint density at radius 3 is 2.20 bits per heavy atom. The maximum atomic E-state index is 14.0. The second kappa shape index (κ2) is 7.74. The number of ketones is 2. The summed E-state index contributed by atoms with van der Waals surface area (Å²) in [5.41, 5.74) is 3.28. The second-order valence-electron chi connectivity index (χ2n) is 11.1.